The number of nitrogens with zero attached hydrogens (tertiary/aromatic N) is 1. The number of ether oxygens (including phenoxy) is 1. The van der Waals surface area contributed by atoms with Crippen LogP contribution in [-0.4, -0.2) is 24.1 Å². The molecule has 1 aromatic carbocycles. The number of rotatable bonds is 3. The summed E-state index contributed by atoms with van der Waals surface area (Å²) in [6.45, 7) is 6.21. The average Bonchev–Trinajstić information content (AvgIpc) is 2.65. The molecule has 86 valence electrons. The molecular weight excluding hydrogens is 202 g/mol. The summed E-state index contributed by atoms with van der Waals surface area (Å²) >= 11 is 0. The van der Waals surface area contributed by atoms with Gasteiger partial charge in [0.05, 0.1) is 6.54 Å². The van der Waals surface area contributed by atoms with Crippen LogP contribution in [0, 0.1) is 0 Å². The molecule has 2 rings (SSSR count). The first-order chi connectivity index (χ1) is 7.66. The topological polar surface area (TPSA) is 29.5 Å². The smallest absolute Gasteiger partial charge is 0.410 e. The maximum Gasteiger partial charge on any atom is 0.410 e. The molecule has 1 aliphatic heterocycles. The van der Waals surface area contributed by atoms with E-state index in [1.807, 2.05) is 0 Å². The molecule has 1 aliphatic rings. The van der Waals surface area contributed by atoms with E-state index >= 15 is 0 Å². The van der Waals surface area contributed by atoms with Gasteiger partial charge in [-0.1, -0.05) is 38.1 Å². The van der Waals surface area contributed by atoms with E-state index in [-0.39, 0.29) is 6.09 Å². The Morgan fingerprint density at radius 2 is 2.00 bits per heavy atom. The number of amides is 1. The summed E-state index contributed by atoms with van der Waals surface area (Å²) in [7, 11) is 0. The summed E-state index contributed by atoms with van der Waals surface area (Å²) in [5, 5.41) is 0. The molecule has 1 heterocycles. The van der Waals surface area contributed by atoms with Crippen molar-refractivity contribution in [2.75, 3.05) is 13.2 Å². The lowest BCUT2D eigenvalue weighted by Crippen LogP contribution is -2.23. The van der Waals surface area contributed by atoms with Crippen LogP contribution in [0.3, 0.4) is 0 Å². The molecule has 0 unspecified atom stereocenters. The lowest BCUT2D eigenvalue weighted by atomic mass is 10.0. The second-order valence-electron chi connectivity index (χ2n) is 4.43. The van der Waals surface area contributed by atoms with Gasteiger partial charge in [0.25, 0.3) is 0 Å². The summed E-state index contributed by atoms with van der Waals surface area (Å²) in [6, 6.07) is 8.42. The minimum atomic E-state index is -0.201. The molecule has 0 aromatic heterocycles. The van der Waals surface area contributed by atoms with E-state index in [9.17, 15) is 4.79 Å². The van der Waals surface area contributed by atoms with E-state index in [0.717, 1.165) is 5.56 Å². The van der Waals surface area contributed by atoms with E-state index in [2.05, 4.69) is 38.1 Å². The van der Waals surface area contributed by atoms with Crippen molar-refractivity contribution >= 4 is 6.09 Å². The maximum atomic E-state index is 11.3. The van der Waals surface area contributed by atoms with Crippen molar-refractivity contribution < 1.29 is 9.53 Å². The Kier molecular flexibility index (Phi) is 3.13. The van der Waals surface area contributed by atoms with Gasteiger partial charge in [0, 0.05) is 6.54 Å². The Labute approximate surface area is 96.0 Å². The third kappa shape index (κ3) is 2.35. The zero-order valence-corrected chi connectivity index (χ0v) is 9.77. The summed E-state index contributed by atoms with van der Waals surface area (Å²) in [5.74, 6) is 0.547. The van der Waals surface area contributed by atoms with Crippen molar-refractivity contribution in [3.8, 4) is 0 Å². The highest BCUT2D eigenvalue weighted by Gasteiger charge is 2.21. The SMILES string of the molecule is CC(C)c1ccc(CN2CCOC2=O)cc1. The lowest BCUT2D eigenvalue weighted by molar-refractivity contribution is 0.157. The number of benzene rings is 1. The van der Waals surface area contributed by atoms with E-state index in [1.165, 1.54) is 5.56 Å². The van der Waals surface area contributed by atoms with Crippen molar-refractivity contribution in [1.82, 2.24) is 4.90 Å². The second-order valence-corrected chi connectivity index (χ2v) is 4.43. The minimum Gasteiger partial charge on any atom is -0.448 e. The Morgan fingerprint density at radius 1 is 1.31 bits per heavy atom. The molecule has 0 atom stereocenters. The maximum absolute atomic E-state index is 11.3. The lowest BCUT2D eigenvalue weighted by Gasteiger charge is -2.13. The summed E-state index contributed by atoms with van der Waals surface area (Å²) < 4.78 is 4.89. The predicted molar refractivity (Wildman–Crippen MR) is 62.3 cm³/mol. The fourth-order valence-corrected chi connectivity index (χ4v) is 1.80. The van der Waals surface area contributed by atoms with Gasteiger partial charge >= 0.3 is 6.09 Å². The van der Waals surface area contributed by atoms with Crippen LogP contribution in [-0.2, 0) is 11.3 Å². The molecule has 1 saturated heterocycles. The first-order valence-corrected chi connectivity index (χ1v) is 5.67. The third-order valence-electron chi connectivity index (χ3n) is 2.86. The molecule has 3 nitrogen and oxygen atoms in total. The number of carbonyl (C=O) groups excluding carboxylic acids is 1. The molecule has 0 bridgehead atoms. The zero-order valence-electron chi connectivity index (χ0n) is 9.77. The molecule has 0 radical (unpaired) electrons. The molecule has 0 saturated carbocycles. The Morgan fingerprint density at radius 3 is 2.50 bits per heavy atom. The van der Waals surface area contributed by atoms with Crippen molar-refractivity contribution in [1.29, 1.82) is 0 Å². The standard InChI is InChI=1S/C13H17NO2/c1-10(2)12-5-3-11(4-6-12)9-14-7-8-16-13(14)15/h3-6,10H,7-9H2,1-2H3. The highest BCUT2D eigenvalue weighted by molar-refractivity contribution is 5.69. The Bertz CT molecular complexity index is 370. The van der Waals surface area contributed by atoms with Gasteiger partial charge in [-0.15, -0.1) is 0 Å². The highest BCUT2D eigenvalue weighted by atomic mass is 16.6. The van der Waals surface area contributed by atoms with Gasteiger partial charge in [0.15, 0.2) is 0 Å². The molecule has 3 heteroatoms. The summed E-state index contributed by atoms with van der Waals surface area (Å²) in [5.41, 5.74) is 2.48. The molecule has 1 amide bonds. The molecule has 16 heavy (non-hydrogen) atoms. The number of carbonyl (C=O) groups is 1. The van der Waals surface area contributed by atoms with Crippen LogP contribution in [0.1, 0.15) is 30.9 Å². The van der Waals surface area contributed by atoms with Gasteiger partial charge in [0.1, 0.15) is 6.61 Å². The average molecular weight is 219 g/mol. The van der Waals surface area contributed by atoms with Crippen molar-refractivity contribution in [3.05, 3.63) is 35.4 Å². The van der Waals surface area contributed by atoms with Gasteiger partial charge in [-0.3, -0.25) is 0 Å². The van der Waals surface area contributed by atoms with E-state index in [0.29, 0.717) is 25.6 Å². The van der Waals surface area contributed by atoms with Crippen LogP contribution >= 0.6 is 0 Å². The van der Waals surface area contributed by atoms with Crippen LogP contribution in [0.5, 0.6) is 0 Å². The molecule has 0 spiro atoms. The van der Waals surface area contributed by atoms with Crippen molar-refractivity contribution in [2.45, 2.75) is 26.3 Å². The van der Waals surface area contributed by atoms with Gasteiger partial charge in [-0.25, -0.2) is 4.79 Å². The summed E-state index contributed by atoms with van der Waals surface area (Å²) in [4.78, 5) is 13.0. The molecular formula is C13H17NO2. The van der Waals surface area contributed by atoms with Crippen LogP contribution in [0.25, 0.3) is 0 Å². The predicted octanol–water partition coefficient (Wildman–Crippen LogP) is 2.76. The monoisotopic (exact) mass is 219 g/mol. The van der Waals surface area contributed by atoms with Gasteiger partial charge in [-0.05, 0) is 17.0 Å². The van der Waals surface area contributed by atoms with Crippen molar-refractivity contribution in [3.63, 3.8) is 0 Å². The quantitative estimate of drug-likeness (QED) is 0.782. The van der Waals surface area contributed by atoms with Crippen LogP contribution < -0.4 is 0 Å². The summed E-state index contributed by atoms with van der Waals surface area (Å²) in [6.07, 6.45) is -0.201. The van der Waals surface area contributed by atoms with Crippen LogP contribution in [0.4, 0.5) is 4.79 Å². The largest absolute Gasteiger partial charge is 0.448 e. The molecule has 0 N–H and O–H groups in total. The Balaban J connectivity index is 2.02. The molecule has 0 aliphatic carbocycles. The van der Waals surface area contributed by atoms with E-state index in [4.69, 9.17) is 4.74 Å². The zero-order chi connectivity index (χ0) is 11.5. The first kappa shape index (κ1) is 11.0. The molecule has 1 fully saturated rings. The Hall–Kier alpha value is -1.51. The van der Waals surface area contributed by atoms with Crippen LogP contribution in [0.2, 0.25) is 0 Å². The third-order valence-corrected chi connectivity index (χ3v) is 2.86. The van der Waals surface area contributed by atoms with E-state index < -0.39 is 0 Å². The number of hydrogen-bond donors (Lipinski definition) is 0. The van der Waals surface area contributed by atoms with Gasteiger partial charge < -0.3 is 9.64 Å². The second kappa shape index (κ2) is 4.56. The highest BCUT2D eigenvalue weighted by Crippen LogP contribution is 2.16. The van der Waals surface area contributed by atoms with Gasteiger partial charge in [0.2, 0.25) is 0 Å². The fourth-order valence-electron chi connectivity index (χ4n) is 1.80. The van der Waals surface area contributed by atoms with Crippen LogP contribution in [0.15, 0.2) is 24.3 Å². The van der Waals surface area contributed by atoms with E-state index in [1.54, 1.807) is 4.90 Å². The first-order valence-electron chi connectivity index (χ1n) is 5.67. The van der Waals surface area contributed by atoms with Crippen molar-refractivity contribution in [2.24, 2.45) is 0 Å². The fraction of sp³-hybridized carbons (Fsp3) is 0.462. The normalized spacial score (nSPS) is 15.7. The molecule has 1 aromatic rings. The number of hydrogen-bond acceptors (Lipinski definition) is 2. The number of cyclic esters (lactones) is 1. The van der Waals surface area contributed by atoms with Gasteiger partial charge in [-0.2, -0.15) is 0 Å². The minimum absolute atomic E-state index is 0.201.